The molecule has 1 aromatic rings. The van der Waals surface area contributed by atoms with Crippen molar-refractivity contribution in [2.24, 2.45) is 4.99 Å². The number of benzene rings is 1. The zero-order chi connectivity index (χ0) is 20.1. The molecule has 1 fully saturated rings. The van der Waals surface area contributed by atoms with Crippen LogP contribution < -0.4 is 19.7 Å². The fourth-order valence-electron chi connectivity index (χ4n) is 3.15. The number of aliphatic imine (C=N–C) groups is 1. The highest BCUT2D eigenvalue weighted by Crippen LogP contribution is 2.22. The SMILES string of the molecule is CN=C(NCC(C)(C)NS(C)(=O)=O)N1CCN(c2cccc(OC)c2)CC1.I. The summed E-state index contributed by atoms with van der Waals surface area (Å²) in [6.07, 6.45) is 1.17. The first kappa shape index (κ1) is 24.8. The van der Waals surface area contributed by atoms with Crippen molar-refractivity contribution in [3.05, 3.63) is 24.3 Å². The van der Waals surface area contributed by atoms with Crippen LogP contribution in [0.1, 0.15) is 13.8 Å². The van der Waals surface area contributed by atoms with Gasteiger partial charge >= 0.3 is 0 Å². The highest BCUT2D eigenvalue weighted by Gasteiger charge is 2.25. The summed E-state index contributed by atoms with van der Waals surface area (Å²) in [5, 5.41) is 3.29. The largest absolute Gasteiger partial charge is 0.497 e. The summed E-state index contributed by atoms with van der Waals surface area (Å²) in [5.74, 6) is 1.64. The number of rotatable bonds is 6. The Kier molecular flexibility index (Phi) is 9.28. The van der Waals surface area contributed by atoms with Crippen LogP contribution in [-0.2, 0) is 10.0 Å². The fourth-order valence-corrected chi connectivity index (χ4v) is 4.23. The van der Waals surface area contributed by atoms with Crippen LogP contribution in [0.4, 0.5) is 5.69 Å². The number of nitrogens with one attached hydrogen (secondary N) is 2. The lowest BCUT2D eigenvalue weighted by molar-refractivity contribution is 0.362. The van der Waals surface area contributed by atoms with E-state index in [4.69, 9.17) is 4.74 Å². The fraction of sp³-hybridized carbons (Fsp3) is 0.611. The second kappa shape index (κ2) is 10.5. The van der Waals surface area contributed by atoms with Crippen molar-refractivity contribution in [1.29, 1.82) is 0 Å². The maximum atomic E-state index is 11.5. The van der Waals surface area contributed by atoms with Gasteiger partial charge in [0.25, 0.3) is 0 Å². The summed E-state index contributed by atoms with van der Waals surface area (Å²) in [5.41, 5.74) is 0.543. The van der Waals surface area contributed by atoms with Crippen LogP contribution in [0.15, 0.2) is 29.3 Å². The number of halogens is 1. The Morgan fingerprint density at radius 3 is 2.43 bits per heavy atom. The van der Waals surface area contributed by atoms with Gasteiger partial charge in [-0.1, -0.05) is 6.07 Å². The summed E-state index contributed by atoms with van der Waals surface area (Å²) in [6.45, 7) is 7.54. The molecule has 1 aromatic carbocycles. The number of methoxy groups -OCH3 is 1. The van der Waals surface area contributed by atoms with Gasteiger partial charge in [0.1, 0.15) is 5.75 Å². The zero-order valence-corrected chi connectivity index (χ0v) is 20.4. The van der Waals surface area contributed by atoms with Gasteiger partial charge in [0.15, 0.2) is 5.96 Å². The smallest absolute Gasteiger partial charge is 0.209 e. The number of guanidine groups is 1. The standard InChI is InChI=1S/C18H31N5O3S.HI/c1-18(2,21-27(5,24)25)14-20-17(19-3)23-11-9-22(10-12-23)15-7-6-8-16(13-15)26-4;/h6-8,13,21H,9-12,14H2,1-5H3,(H,19,20);1H. The van der Waals surface area contributed by atoms with E-state index in [-0.39, 0.29) is 24.0 Å². The first-order chi connectivity index (χ1) is 12.6. The Balaban J connectivity index is 0.00000392. The number of nitrogens with zero attached hydrogens (tertiary/aromatic N) is 3. The van der Waals surface area contributed by atoms with Crippen LogP contribution in [0.5, 0.6) is 5.75 Å². The number of sulfonamides is 1. The molecule has 1 aliphatic heterocycles. The van der Waals surface area contributed by atoms with Crippen molar-refractivity contribution in [1.82, 2.24) is 14.9 Å². The van der Waals surface area contributed by atoms with Crippen LogP contribution in [0.25, 0.3) is 0 Å². The highest BCUT2D eigenvalue weighted by molar-refractivity contribution is 14.0. The molecular formula is C18H32IN5O3S. The normalized spacial score (nSPS) is 15.8. The Morgan fingerprint density at radius 2 is 1.89 bits per heavy atom. The molecule has 1 saturated heterocycles. The van der Waals surface area contributed by atoms with E-state index in [1.807, 2.05) is 32.0 Å². The Labute approximate surface area is 185 Å². The van der Waals surface area contributed by atoms with Crippen molar-refractivity contribution >= 4 is 45.6 Å². The van der Waals surface area contributed by atoms with E-state index in [2.05, 4.69) is 30.9 Å². The highest BCUT2D eigenvalue weighted by atomic mass is 127. The number of ether oxygens (including phenoxy) is 1. The molecule has 0 saturated carbocycles. The molecule has 0 unspecified atom stereocenters. The molecule has 0 spiro atoms. The maximum Gasteiger partial charge on any atom is 0.209 e. The molecule has 1 aliphatic rings. The minimum absolute atomic E-state index is 0. The van der Waals surface area contributed by atoms with Crippen LogP contribution in [0.2, 0.25) is 0 Å². The molecular weight excluding hydrogens is 493 g/mol. The Hall–Kier alpha value is -1.27. The monoisotopic (exact) mass is 525 g/mol. The van der Waals surface area contributed by atoms with Gasteiger partial charge in [-0.25, -0.2) is 13.1 Å². The molecule has 10 heteroatoms. The summed E-state index contributed by atoms with van der Waals surface area (Å²) in [7, 11) is 0.152. The quantitative estimate of drug-likeness (QED) is 0.331. The lowest BCUT2D eigenvalue weighted by Gasteiger charge is -2.38. The zero-order valence-electron chi connectivity index (χ0n) is 17.2. The number of hydrogen-bond donors (Lipinski definition) is 2. The van der Waals surface area contributed by atoms with Crippen molar-refractivity contribution < 1.29 is 13.2 Å². The van der Waals surface area contributed by atoms with E-state index in [1.54, 1.807) is 14.2 Å². The second-order valence-electron chi connectivity index (χ2n) is 7.33. The molecule has 8 nitrogen and oxygen atoms in total. The van der Waals surface area contributed by atoms with Gasteiger partial charge in [0.2, 0.25) is 10.0 Å². The maximum absolute atomic E-state index is 11.5. The van der Waals surface area contributed by atoms with Crippen LogP contribution >= 0.6 is 24.0 Å². The van der Waals surface area contributed by atoms with E-state index >= 15 is 0 Å². The molecule has 0 aromatic heterocycles. The van der Waals surface area contributed by atoms with Gasteiger partial charge in [-0.15, -0.1) is 24.0 Å². The lowest BCUT2D eigenvalue weighted by atomic mass is 10.1. The first-order valence-electron chi connectivity index (χ1n) is 8.97. The second-order valence-corrected chi connectivity index (χ2v) is 9.08. The molecule has 2 rings (SSSR count). The third-order valence-corrected chi connectivity index (χ3v) is 5.28. The van der Waals surface area contributed by atoms with Crippen LogP contribution in [-0.4, -0.2) is 78.0 Å². The predicted molar refractivity (Wildman–Crippen MR) is 126 cm³/mol. The van der Waals surface area contributed by atoms with E-state index in [1.165, 1.54) is 6.26 Å². The molecule has 0 radical (unpaired) electrons. The van der Waals surface area contributed by atoms with E-state index < -0.39 is 15.6 Å². The number of piperazine rings is 1. The summed E-state index contributed by atoms with van der Waals surface area (Å²) < 4.78 is 30.9. The molecule has 0 bridgehead atoms. The summed E-state index contributed by atoms with van der Waals surface area (Å²) >= 11 is 0. The van der Waals surface area contributed by atoms with Gasteiger partial charge < -0.3 is 19.9 Å². The van der Waals surface area contributed by atoms with E-state index in [0.29, 0.717) is 6.54 Å². The third kappa shape index (κ3) is 7.63. The number of anilines is 1. The van der Waals surface area contributed by atoms with Gasteiger partial charge in [0.05, 0.1) is 13.4 Å². The molecule has 0 aliphatic carbocycles. The molecule has 160 valence electrons. The number of hydrogen-bond acceptors (Lipinski definition) is 5. The minimum Gasteiger partial charge on any atom is -0.497 e. The molecule has 1 heterocycles. The van der Waals surface area contributed by atoms with Crippen molar-refractivity contribution in [2.45, 2.75) is 19.4 Å². The van der Waals surface area contributed by atoms with Crippen molar-refractivity contribution in [3.8, 4) is 5.75 Å². The molecule has 0 atom stereocenters. The minimum atomic E-state index is -3.27. The average molecular weight is 525 g/mol. The average Bonchev–Trinajstić information content (AvgIpc) is 2.60. The molecule has 2 N–H and O–H groups in total. The van der Waals surface area contributed by atoms with Gasteiger partial charge in [-0.05, 0) is 26.0 Å². The Bertz CT molecular complexity index is 762. The summed E-state index contributed by atoms with van der Waals surface area (Å²) in [6, 6.07) is 8.07. The lowest BCUT2D eigenvalue weighted by Crippen LogP contribution is -2.56. The summed E-state index contributed by atoms with van der Waals surface area (Å²) in [4.78, 5) is 8.86. The Morgan fingerprint density at radius 1 is 1.25 bits per heavy atom. The van der Waals surface area contributed by atoms with Gasteiger partial charge in [-0.2, -0.15) is 0 Å². The van der Waals surface area contributed by atoms with Crippen molar-refractivity contribution in [2.75, 3.05) is 58.0 Å². The van der Waals surface area contributed by atoms with Gasteiger partial charge in [0, 0.05) is 57.1 Å². The molecule has 0 amide bonds. The molecule has 28 heavy (non-hydrogen) atoms. The van der Waals surface area contributed by atoms with E-state index in [0.717, 1.165) is 43.6 Å². The predicted octanol–water partition coefficient (Wildman–Crippen LogP) is 1.34. The third-order valence-electron chi connectivity index (χ3n) is 4.36. The topological polar surface area (TPSA) is 86.3 Å². The van der Waals surface area contributed by atoms with Crippen LogP contribution in [0.3, 0.4) is 0 Å². The van der Waals surface area contributed by atoms with Gasteiger partial charge in [-0.3, -0.25) is 4.99 Å². The van der Waals surface area contributed by atoms with E-state index in [9.17, 15) is 8.42 Å². The van der Waals surface area contributed by atoms with Crippen LogP contribution in [0, 0.1) is 0 Å². The van der Waals surface area contributed by atoms with Crippen molar-refractivity contribution in [3.63, 3.8) is 0 Å². The first-order valence-corrected chi connectivity index (χ1v) is 10.9.